The van der Waals surface area contributed by atoms with E-state index in [4.69, 9.17) is 0 Å². The Morgan fingerprint density at radius 1 is 1.50 bits per heavy atom. The summed E-state index contributed by atoms with van der Waals surface area (Å²) in [6, 6.07) is 2.57. The van der Waals surface area contributed by atoms with Crippen LogP contribution in [0.4, 0.5) is 14.6 Å². The quantitative estimate of drug-likeness (QED) is 0.864. The zero-order valence-corrected chi connectivity index (χ0v) is 7.80. The Morgan fingerprint density at radius 2 is 2.31 bits per heavy atom. The lowest BCUT2D eigenvalue weighted by atomic mass is 10.4. The largest absolute Gasteiger partial charge is 0.363 e. The van der Waals surface area contributed by atoms with Crippen LogP contribution in [-0.4, -0.2) is 20.8 Å². The van der Waals surface area contributed by atoms with E-state index in [1.54, 1.807) is 0 Å². The van der Waals surface area contributed by atoms with Crippen molar-refractivity contribution in [2.75, 3.05) is 5.32 Å². The van der Waals surface area contributed by atoms with Gasteiger partial charge in [0.2, 0.25) is 0 Å². The molecule has 0 unspecified atom stereocenters. The van der Waals surface area contributed by atoms with Gasteiger partial charge in [-0.05, 0) is 6.07 Å². The van der Waals surface area contributed by atoms with Gasteiger partial charge in [0.05, 0.1) is 0 Å². The number of amides is 1. The summed E-state index contributed by atoms with van der Waals surface area (Å²) in [6.07, 6.45) is 2.36. The van der Waals surface area contributed by atoms with E-state index in [1.807, 2.05) is 0 Å². The minimum absolute atomic E-state index is 0.145. The molecule has 0 aliphatic rings. The van der Waals surface area contributed by atoms with E-state index >= 15 is 0 Å². The standard InChI is InChI=1S/C8H6F2N4O2/c9-8(10)14-5(1-3-11-14)7(15)12-6-2-4-16-13-6/h1-4,8H,(H,12,13,15). The average Bonchev–Trinajstić information content (AvgIpc) is 2.86. The molecule has 8 heteroatoms. The summed E-state index contributed by atoms with van der Waals surface area (Å²) in [5.74, 6) is -0.585. The first kappa shape index (κ1) is 10.3. The lowest BCUT2D eigenvalue weighted by molar-refractivity contribution is 0.0520. The molecule has 0 atom stereocenters. The summed E-state index contributed by atoms with van der Waals surface area (Å²) in [7, 11) is 0. The van der Waals surface area contributed by atoms with Crippen LogP contribution in [0, 0.1) is 0 Å². The zero-order valence-electron chi connectivity index (χ0n) is 7.80. The summed E-state index contributed by atoms with van der Waals surface area (Å²) in [5.41, 5.74) is -0.252. The number of hydrogen-bond donors (Lipinski definition) is 1. The Bertz CT molecular complexity index is 480. The second-order valence-corrected chi connectivity index (χ2v) is 2.78. The topological polar surface area (TPSA) is 73.0 Å². The van der Waals surface area contributed by atoms with Gasteiger partial charge >= 0.3 is 6.55 Å². The molecule has 0 bridgehead atoms. The third-order valence-corrected chi connectivity index (χ3v) is 1.77. The van der Waals surface area contributed by atoms with E-state index in [2.05, 4.69) is 20.1 Å². The number of carbonyl (C=O) groups excluding carboxylic acids is 1. The smallest absolute Gasteiger partial charge is 0.333 e. The van der Waals surface area contributed by atoms with E-state index in [0.717, 1.165) is 6.20 Å². The van der Waals surface area contributed by atoms with Crippen molar-refractivity contribution in [3.8, 4) is 0 Å². The van der Waals surface area contributed by atoms with Gasteiger partial charge in [-0.2, -0.15) is 18.6 Å². The van der Waals surface area contributed by atoms with Crippen LogP contribution in [-0.2, 0) is 0 Å². The molecule has 1 amide bonds. The molecular weight excluding hydrogens is 222 g/mol. The third kappa shape index (κ3) is 1.90. The van der Waals surface area contributed by atoms with Crippen molar-refractivity contribution < 1.29 is 18.1 Å². The van der Waals surface area contributed by atoms with Crippen LogP contribution in [0.3, 0.4) is 0 Å². The predicted molar refractivity (Wildman–Crippen MR) is 47.9 cm³/mol. The summed E-state index contributed by atoms with van der Waals surface area (Å²) in [6.45, 7) is -2.87. The van der Waals surface area contributed by atoms with Gasteiger partial charge in [-0.15, -0.1) is 0 Å². The van der Waals surface area contributed by atoms with Crippen LogP contribution >= 0.6 is 0 Å². The van der Waals surface area contributed by atoms with Gasteiger partial charge in [0, 0.05) is 12.3 Å². The summed E-state index contributed by atoms with van der Waals surface area (Å²) < 4.78 is 29.6. The molecule has 0 spiro atoms. The fourth-order valence-corrected chi connectivity index (χ4v) is 1.11. The van der Waals surface area contributed by atoms with E-state index in [-0.39, 0.29) is 11.5 Å². The average molecular weight is 228 g/mol. The number of rotatable bonds is 3. The van der Waals surface area contributed by atoms with E-state index in [0.29, 0.717) is 4.68 Å². The molecule has 6 nitrogen and oxygen atoms in total. The highest BCUT2D eigenvalue weighted by Crippen LogP contribution is 2.13. The van der Waals surface area contributed by atoms with Gasteiger partial charge in [0.15, 0.2) is 5.82 Å². The number of nitrogens with zero attached hydrogens (tertiary/aromatic N) is 3. The first-order valence-electron chi connectivity index (χ1n) is 4.22. The molecule has 0 radical (unpaired) electrons. The van der Waals surface area contributed by atoms with Crippen LogP contribution in [0.2, 0.25) is 0 Å². The maximum Gasteiger partial charge on any atom is 0.333 e. The second-order valence-electron chi connectivity index (χ2n) is 2.78. The highest BCUT2D eigenvalue weighted by molar-refractivity contribution is 6.02. The van der Waals surface area contributed by atoms with Gasteiger partial charge in [-0.3, -0.25) is 4.79 Å². The Morgan fingerprint density at radius 3 is 2.94 bits per heavy atom. The molecular formula is C8H6F2N4O2. The van der Waals surface area contributed by atoms with E-state index < -0.39 is 12.5 Å². The first-order valence-corrected chi connectivity index (χ1v) is 4.22. The van der Waals surface area contributed by atoms with Gasteiger partial charge < -0.3 is 9.84 Å². The Balaban J connectivity index is 2.18. The number of nitrogens with one attached hydrogen (secondary N) is 1. The molecule has 2 heterocycles. The third-order valence-electron chi connectivity index (χ3n) is 1.77. The van der Waals surface area contributed by atoms with Crippen LogP contribution < -0.4 is 5.32 Å². The van der Waals surface area contributed by atoms with Crippen LogP contribution in [0.25, 0.3) is 0 Å². The number of carbonyl (C=O) groups is 1. The molecule has 1 N–H and O–H groups in total. The number of halogens is 2. The summed E-state index contributed by atoms with van der Waals surface area (Å²) in [4.78, 5) is 11.5. The van der Waals surface area contributed by atoms with Crippen LogP contribution in [0.5, 0.6) is 0 Å². The van der Waals surface area contributed by atoms with Crippen molar-refractivity contribution in [3.63, 3.8) is 0 Å². The van der Waals surface area contributed by atoms with Crippen molar-refractivity contribution in [2.45, 2.75) is 6.55 Å². The van der Waals surface area contributed by atoms with Gasteiger partial charge in [-0.25, -0.2) is 0 Å². The molecule has 2 rings (SSSR count). The number of hydrogen-bond acceptors (Lipinski definition) is 4. The lowest BCUT2D eigenvalue weighted by Gasteiger charge is -2.04. The lowest BCUT2D eigenvalue weighted by Crippen LogP contribution is -2.18. The highest BCUT2D eigenvalue weighted by Gasteiger charge is 2.18. The molecule has 0 aromatic carbocycles. The fourth-order valence-electron chi connectivity index (χ4n) is 1.11. The molecule has 0 aliphatic heterocycles. The van der Waals surface area contributed by atoms with Crippen molar-refractivity contribution >= 4 is 11.7 Å². The minimum atomic E-state index is -2.87. The maximum absolute atomic E-state index is 12.4. The number of anilines is 1. The Labute approximate surface area is 87.8 Å². The number of alkyl halides is 2. The molecule has 0 saturated carbocycles. The molecule has 84 valence electrons. The molecule has 16 heavy (non-hydrogen) atoms. The molecule has 0 fully saturated rings. The van der Waals surface area contributed by atoms with Crippen LogP contribution in [0.1, 0.15) is 17.0 Å². The van der Waals surface area contributed by atoms with Gasteiger partial charge in [-0.1, -0.05) is 5.16 Å². The predicted octanol–water partition coefficient (Wildman–Crippen LogP) is 1.52. The summed E-state index contributed by atoms with van der Waals surface area (Å²) in [5, 5.41) is 9.03. The molecule has 0 aliphatic carbocycles. The maximum atomic E-state index is 12.4. The van der Waals surface area contributed by atoms with E-state index in [9.17, 15) is 13.6 Å². The normalized spacial score (nSPS) is 10.7. The Hall–Kier alpha value is -2.25. The monoisotopic (exact) mass is 228 g/mol. The fraction of sp³-hybridized carbons (Fsp3) is 0.125. The van der Waals surface area contributed by atoms with Crippen molar-refractivity contribution in [1.29, 1.82) is 0 Å². The zero-order chi connectivity index (χ0) is 11.5. The first-order chi connectivity index (χ1) is 7.68. The second kappa shape index (κ2) is 4.09. The Kier molecular flexibility index (Phi) is 2.63. The van der Waals surface area contributed by atoms with Crippen LogP contribution in [0.15, 0.2) is 29.1 Å². The van der Waals surface area contributed by atoms with Gasteiger partial charge in [0.1, 0.15) is 12.0 Å². The van der Waals surface area contributed by atoms with Crippen molar-refractivity contribution in [3.05, 3.63) is 30.3 Å². The number of aromatic nitrogens is 3. The highest BCUT2D eigenvalue weighted by atomic mass is 19.3. The minimum Gasteiger partial charge on any atom is -0.363 e. The SMILES string of the molecule is O=C(Nc1ccon1)c1ccnn1C(F)F. The molecule has 2 aromatic heterocycles. The molecule has 2 aromatic rings. The van der Waals surface area contributed by atoms with Gasteiger partial charge in [0.25, 0.3) is 5.91 Å². The van der Waals surface area contributed by atoms with E-state index in [1.165, 1.54) is 18.4 Å². The van der Waals surface area contributed by atoms with Crippen molar-refractivity contribution in [2.24, 2.45) is 0 Å². The molecule has 0 saturated heterocycles. The van der Waals surface area contributed by atoms with Crippen molar-refractivity contribution in [1.82, 2.24) is 14.9 Å². The summed E-state index contributed by atoms with van der Waals surface area (Å²) >= 11 is 0.